The van der Waals surface area contributed by atoms with Crippen LogP contribution in [0.2, 0.25) is 0 Å². The Labute approximate surface area is 137 Å². The molecule has 0 atom stereocenters. The predicted octanol–water partition coefficient (Wildman–Crippen LogP) is 0.775. The van der Waals surface area contributed by atoms with E-state index in [0.717, 1.165) is 56.6 Å². The highest BCUT2D eigenvalue weighted by Gasteiger charge is 2.02. The number of aryl methyl sites for hydroxylation is 1. The number of nitrogens with zero attached hydrogens (tertiary/aromatic N) is 4. The van der Waals surface area contributed by atoms with Crippen LogP contribution < -0.4 is 10.6 Å². The largest absolute Gasteiger partial charge is 0.383 e. The van der Waals surface area contributed by atoms with E-state index >= 15 is 0 Å². The number of rotatable bonds is 11. The van der Waals surface area contributed by atoms with Gasteiger partial charge in [0.05, 0.1) is 6.61 Å². The van der Waals surface area contributed by atoms with Gasteiger partial charge in [-0.25, -0.2) is 0 Å². The minimum absolute atomic E-state index is 0.664. The summed E-state index contributed by atoms with van der Waals surface area (Å²) in [5, 5.41) is 14.6. The van der Waals surface area contributed by atoms with Crippen molar-refractivity contribution in [3.05, 3.63) is 12.2 Å². The topological polar surface area (TPSA) is 76.4 Å². The molecule has 8 heteroatoms. The van der Waals surface area contributed by atoms with E-state index in [4.69, 9.17) is 4.74 Å². The third kappa shape index (κ3) is 7.65. The zero-order chi connectivity index (χ0) is 16.0. The number of ether oxygens (including phenoxy) is 1. The highest BCUT2D eigenvalue weighted by Crippen LogP contribution is 1.96. The second-order valence-corrected chi connectivity index (χ2v) is 5.70. The Morgan fingerprint density at radius 2 is 2.23 bits per heavy atom. The van der Waals surface area contributed by atoms with Gasteiger partial charge >= 0.3 is 0 Å². The number of hydrogen-bond donors (Lipinski definition) is 2. The molecule has 1 heterocycles. The smallest absolute Gasteiger partial charge is 0.191 e. The first-order chi connectivity index (χ1) is 10.8. The maximum atomic E-state index is 5.06. The molecule has 22 heavy (non-hydrogen) atoms. The van der Waals surface area contributed by atoms with Gasteiger partial charge in [-0.15, -0.1) is 10.2 Å². The Morgan fingerprint density at radius 3 is 2.95 bits per heavy atom. The summed E-state index contributed by atoms with van der Waals surface area (Å²) in [6, 6.07) is 0. The van der Waals surface area contributed by atoms with E-state index in [2.05, 4.69) is 43.6 Å². The molecule has 0 saturated heterocycles. The number of methoxy groups -OCH3 is 1. The van der Waals surface area contributed by atoms with Gasteiger partial charge in [-0.05, 0) is 18.4 Å². The van der Waals surface area contributed by atoms with Gasteiger partial charge in [0, 0.05) is 39.7 Å². The van der Waals surface area contributed by atoms with Gasteiger partial charge < -0.3 is 19.9 Å². The normalized spacial score (nSPS) is 11.7. The first-order valence-corrected chi connectivity index (χ1v) is 9.08. The van der Waals surface area contributed by atoms with Crippen molar-refractivity contribution in [2.45, 2.75) is 26.3 Å². The minimum Gasteiger partial charge on any atom is -0.383 e. The van der Waals surface area contributed by atoms with Crippen LogP contribution in [0.3, 0.4) is 0 Å². The van der Waals surface area contributed by atoms with Gasteiger partial charge in [-0.1, -0.05) is 6.92 Å². The fraction of sp³-hybridized carbons (Fsp3) is 0.786. The van der Waals surface area contributed by atoms with Crippen molar-refractivity contribution < 1.29 is 4.74 Å². The van der Waals surface area contributed by atoms with Crippen LogP contribution in [0.4, 0.5) is 0 Å². The monoisotopic (exact) mass is 328 g/mol. The molecule has 0 fully saturated rings. The third-order valence-corrected chi connectivity index (χ3v) is 3.73. The lowest BCUT2D eigenvalue weighted by Gasteiger charge is -2.13. The molecule has 1 rings (SSSR count). The van der Waals surface area contributed by atoms with Gasteiger partial charge in [0.25, 0.3) is 0 Å². The van der Waals surface area contributed by atoms with E-state index in [1.807, 2.05) is 11.8 Å². The zero-order valence-electron chi connectivity index (χ0n) is 13.8. The van der Waals surface area contributed by atoms with Crippen LogP contribution >= 0.6 is 11.8 Å². The highest BCUT2D eigenvalue weighted by molar-refractivity contribution is 7.98. The molecule has 7 nitrogen and oxygen atoms in total. The molecule has 1 aromatic heterocycles. The second-order valence-electron chi connectivity index (χ2n) is 4.72. The maximum absolute atomic E-state index is 5.06. The standard InChI is InChI=1S/C14H28N6OS/c1-4-13-19-18-12-20(13)9-7-16-14(17-8-10-21-2)15-6-5-11-22-3/h12H,4-11H2,1-3H3,(H2,15,16,17). The molecular weight excluding hydrogens is 300 g/mol. The average Bonchev–Trinajstić information content (AvgIpc) is 2.98. The molecule has 2 N–H and O–H groups in total. The summed E-state index contributed by atoms with van der Waals surface area (Å²) in [7, 11) is 1.70. The van der Waals surface area contributed by atoms with E-state index in [1.165, 1.54) is 0 Å². The van der Waals surface area contributed by atoms with Gasteiger partial charge in [-0.2, -0.15) is 11.8 Å². The average molecular weight is 328 g/mol. The van der Waals surface area contributed by atoms with Crippen LogP contribution in [0.15, 0.2) is 11.3 Å². The van der Waals surface area contributed by atoms with Crippen LogP contribution in [0, 0.1) is 0 Å². The number of hydrogen-bond acceptors (Lipinski definition) is 5. The van der Waals surface area contributed by atoms with Crippen molar-refractivity contribution in [3.63, 3.8) is 0 Å². The first kappa shape index (κ1) is 18.8. The first-order valence-electron chi connectivity index (χ1n) is 7.68. The molecule has 0 unspecified atom stereocenters. The lowest BCUT2D eigenvalue weighted by molar-refractivity contribution is 0.203. The summed E-state index contributed by atoms with van der Waals surface area (Å²) < 4.78 is 7.12. The fourth-order valence-corrected chi connectivity index (χ4v) is 2.30. The Hall–Kier alpha value is -1.28. The Kier molecular flexibility index (Phi) is 10.5. The van der Waals surface area contributed by atoms with Crippen molar-refractivity contribution in [1.29, 1.82) is 0 Å². The third-order valence-electron chi connectivity index (χ3n) is 3.03. The van der Waals surface area contributed by atoms with Crippen molar-refractivity contribution in [3.8, 4) is 0 Å². The molecule has 1 aromatic rings. The molecular formula is C14H28N6OS. The molecule has 126 valence electrons. The van der Waals surface area contributed by atoms with E-state index in [0.29, 0.717) is 6.61 Å². The Balaban J connectivity index is 2.38. The van der Waals surface area contributed by atoms with Gasteiger partial charge in [0.2, 0.25) is 0 Å². The summed E-state index contributed by atoms with van der Waals surface area (Å²) in [4.78, 5) is 4.58. The maximum Gasteiger partial charge on any atom is 0.191 e. The molecule has 0 bridgehead atoms. The SMILES string of the molecule is CCc1nncn1CCNC(=NCCCSC)NCCOC. The molecule has 0 aromatic carbocycles. The summed E-state index contributed by atoms with van der Waals surface area (Å²) >= 11 is 1.85. The Morgan fingerprint density at radius 1 is 1.41 bits per heavy atom. The highest BCUT2D eigenvalue weighted by atomic mass is 32.2. The summed E-state index contributed by atoms with van der Waals surface area (Å²) in [6.45, 7) is 5.93. The second kappa shape index (κ2) is 12.3. The van der Waals surface area contributed by atoms with Gasteiger partial charge in [0.15, 0.2) is 5.96 Å². The number of aliphatic imine (C=N–C) groups is 1. The number of thioether (sulfide) groups is 1. The molecule has 0 aliphatic carbocycles. The van der Waals surface area contributed by atoms with Crippen LogP contribution in [0.25, 0.3) is 0 Å². The quantitative estimate of drug-likeness (QED) is 0.355. The molecule has 0 aliphatic heterocycles. The van der Waals surface area contributed by atoms with E-state index in [1.54, 1.807) is 13.4 Å². The molecule has 0 spiro atoms. The van der Waals surface area contributed by atoms with Crippen molar-refractivity contribution in [1.82, 2.24) is 25.4 Å². The van der Waals surface area contributed by atoms with Crippen molar-refractivity contribution >= 4 is 17.7 Å². The van der Waals surface area contributed by atoms with Crippen LogP contribution in [0.1, 0.15) is 19.2 Å². The van der Waals surface area contributed by atoms with Crippen LogP contribution in [-0.2, 0) is 17.7 Å². The predicted molar refractivity (Wildman–Crippen MR) is 92.6 cm³/mol. The molecule has 0 saturated carbocycles. The van der Waals surface area contributed by atoms with Gasteiger partial charge in [0.1, 0.15) is 12.2 Å². The zero-order valence-corrected chi connectivity index (χ0v) is 14.7. The van der Waals surface area contributed by atoms with E-state index in [-0.39, 0.29) is 0 Å². The fourth-order valence-electron chi connectivity index (χ4n) is 1.88. The molecule has 0 aliphatic rings. The van der Waals surface area contributed by atoms with Crippen molar-refractivity contribution in [2.75, 3.05) is 45.4 Å². The van der Waals surface area contributed by atoms with E-state index in [9.17, 15) is 0 Å². The van der Waals surface area contributed by atoms with Gasteiger partial charge in [-0.3, -0.25) is 4.99 Å². The van der Waals surface area contributed by atoms with Crippen molar-refractivity contribution in [2.24, 2.45) is 4.99 Å². The summed E-state index contributed by atoms with van der Waals surface area (Å²) in [5.74, 6) is 2.98. The summed E-state index contributed by atoms with van der Waals surface area (Å²) in [6.07, 6.45) is 5.86. The van der Waals surface area contributed by atoms with Crippen LogP contribution in [0.5, 0.6) is 0 Å². The molecule has 0 amide bonds. The number of nitrogens with one attached hydrogen (secondary N) is 2. The Bertz CT molecular complexity index is 423. The summed E-state index contributed by atoms with van der Waals surface area (Å²) in [5.41, 5.74) is 0. The number of aromatic nitrogens is 3. The lowest BCUT2D eigenvalue weighted by Crippen LogP contribution is -2.40. The minimum atomic E-state index is 0.664. The number of guanidine groups is 1. The lowest BCUT2D eigenvalue weighted by atomic mass is 10.4. The molecule has 0 radical (unpaired) electrons. The van der Waals surface area contributed by atoms with Crippen LogP contribution in [-0.4, -0.2) is 66.1 Å². The van der Waals surface area contributed by atoms with E-state index < -0.39 is 0 Å².